The van der Waals surface area contributed by atoms with Crippen molar-refractivity contribution < 1.29 is 9.72 Å². The van der Waals surface area contributed by atoms with Crippen LogP contribution in [0.25, 0.3) is 0 Å². The van der Waals surface area contributed by atoms with E-state index in [1.807, 2.05) is 6.92 Å². The van der Waals surface area contributed by atoms with Crippen LogP contribution in [-0.4, -0.2) is 34.9 Å². The molecule has 0 saturated carbocycles. The van der Waals surface area contributed by atoms with E-state index in [0.717, 1.165) is 24.2 Å². The molecule has 2 unspecified atom stereocenters. The molecule has 6 nitrogen and oxygen atoms in total. The Kier molecular flexibility index (Phi) is 4.16. The monoisotopic (exact) mass is 283 g/mol. The van der Waals surface area contributed by atoms with Crippen molar-refractivity contribution in [2.45, 2.75) is 25.8 Å². The molecule has 1 aromatic heterocycles. The van der Waals surface area contributed by atoms with Crippen molar-refractivity contribution >= 4 is 22.2 Å². The lowest BCUT2D eigenvalue weighted by Crippen LogP contribution is -2.47. The predicted octanol–water partition coefficient (Wildman–Crippen LogP) is 1.86. The molecule has 1 aliphatic heterocycles. The van der Waals surface area contributed by atoms with Gasteiger partial charge in [-0.1, -0.05) is 11.3 Å². The third-order valence-electron chi connectivity index (χ3n) is 3.59. The number of carbonyl (C=O) groups excluding carboxylic acids is 1. The van der Waals surface area contributed by atoms with Crippen LogP contribution >= 0.6 is 11.3 Å². The maximum atomic E-state index is 12.4. The Bertz CT molecular complexity index is 488. The van der Waals surface area contributed by atoms with Gasteiger partial charge >= 0.3 is 5.00 Å². The number of amides is 1. The molecule has 104 valence electrons. The van der Waals surface area contributed by atoms with Crippen molar-refractivity contribution in [1.29, 1.82) is 0 Å². The van der Waals surface area contributed by atoms with Gasteiger partial charge in [0, 0.05) is 24.0 Å². The topological polar surface area (TPSA) is 89.5 Å². The number of hydrogen-bond donors (Lipinski definition) is 1. The normalized spacial score (nSPS) is 23.4. The molecule has 19 heavy (non-hydrogen) atoms. The minimum atomic E-state index is -0.468. The van der Waals surface area contributed by atoms with E-state index in [1.165, 1.54) is 6.07 Å². The van der Waals surface area contributed by atoms with Crippen LogP contribution in [0.15, 0.2) is 11.4 Å². The van der Waals surface area contributed by atoms with Crippen molar-refractivity contribution in [3.05, 3.63) is 27.1 Å². The van der Waals surface area contributed by atoms with Gasteiger partial charge in [-0.05, 0) is 32.2 Å². The summed E-state index contributed by atoms with van der Waals surface area (Å²) in [5.41, 5.74) is 6.07. The summed E-state index contributed by atoms with van der Waals surface area (Å²) in [5.74, 6) is 0.198. The summed E-state index contributed by atoms with van der Waals surface area (Å²) >= 11 is 0.986. The highest BCUT2D eigenvalue weighted by Gasteiger charge is 2.30. The van der Waals surface area contributed by atoms with E-state index in [0.29, 0.717) is 24.6 Å². The fourth-order valence-corrected chi connectivity index (χ4v) is 3.05. The predicted molar refractivity (Wildman–Crippen MR) is 73.3 cm³/mol. The highest BCUT2D eigenvalue weighted by Crippen LogP contribution is 2.27. The molecule has 0 radical (unpaired) electrons. The number of thiophene rings is 1. The number of likely N-dealkylation sites (tertiary alicyclic amines) is 1. The van der Waals surface area contributed by atoms with Crippen LogP contribution in [0.2, 0.25) is 0 Å². The molecule has 0 aliphatic carbocycles. The summed E-state index contributed by atoms with van der Waals surface area (Å²) in [5, 5.41) is 12.2. The first-order chi connectivity index (χ1) is 9.02. The lowest BCUT2D eigenvalue weighted by molar-refractivity contribution is -0.380. The number of hydrogen-bond acceptors (Lipinski definition) is 5. The Morgan fingerprint density at radius 3 is 2.95 bits per heavy atom. The molecule has 0 bridgehead atoms. The summed E-state index contributed by atoms with van der Waals surface area (Å²) in [4.78, 5) is 24.3. The van der Waals surface area contributed by atoms with Crippen LogP contribution in [-0.2, 0) is 0 Å². The van der Waals surface area contributed by atoms with E-state index in [-0.39, 0.29) is 17.0 Å². The molecule has 1 saturated heterocycles. The van der Waals surface area contributed by atoms with Crippen LogP contribution in [0.4, 0.5) is 5.00 Å². The average molecular weight is 283 g/mol. The summed E-state index contributed by atoms with van der Waals surface area (Å²) < 4.78 is 0. The van der Waals surface area contributed by atoms with Gasteiger partial charge in [0.15, 0.2) is 0 Å². The maximum Gasteiger partial charge on any atom is 0.324 e. The SMILES string of the molecule is CC1CCC(CN)CN1C(=O)c1csc([N+](=O)[O-])c1. The Hall–Kier alpha value is -1.47. The second-order valence-corrected chi connectivity index (χ2v) is 5.81. The largest absolute Gasteiger partial charge is 0.336 e. The fraction of sp³-hybridized carbons (Fsp3) is 0.583. The van der Waals surface area contributed by atoms with Crippen LogP contribution in [0.1, 0.15) is 30.1 Å². The highest BCUT2D eigenvalue weighted by atomic mass is 32.1. The number of piperidine rings is 1. The smallest absolute Gasteiger partial charge is 0.324 e. The van der Waals surface area contributed by atoms with Crippen LogP contribution in [0, 0.1) is 16.0 Å². The van der Waals surface area contributed by atoms with Gasteiger partial charge in [0.1, 0.15) is 0 Å². The van der Waals surface area contributed by atoms with Crippen LogP contribution < -0.4 is 5.73 Å². The quantitative estimate of drug-likeness (QED) is 0.677. The van der Waals surface area contributed by atoms with Crippen LogP contribution in [0.3, 0.4) is 0 Å². The van der Waals surface area contributed by atoms with E-state index in [4.69, 9.17) is 5.73 Å². The minimum Gasteiger partial charge on any atom is -0.336 e. The molecule has 1 aliphatic rings. The zero-order valence-corrected chi connectivity index (χ0v) is 11.6. The lowest BCUT2D eigenvalue weighted by Gasteiger charge is -2.37. The van der Waals surface area contributed by atoms with Crippen molar-refractivity contribution in [3.63, 3.8) is 0 Å². The molecule has 1 fully saturated rings. The lowest BCUT2D eigenvalue weighted by atomic mass is 9.93. The van der Waals surface area contributed by atoms with Crippen molar-refractivity contribution in [3.8, 4) is 0 Å². The highest BCUT2D eigenvalue weighted by molar-refractivity contribution is 7.13. The molecule has 2 atom stereocenters. The van der Waals surface area contributed by atoms with E-state index < -0.39 is 4.92 Å². The van der Waals surface area contributed by atoms with Gasteiger partial charge in [-0.3, -0.25) is 14.9 Å². The number of nitrogens with zero attached hydrogens (tertiary/aromatic N) is 2. The Labute approximate surface area is 115 Å². The molecule has 0 aromatic carbocycles. The molecule has 2 rings (SSSR count). The first kappa shape index (κ1) is 14.0. The molecule has 1 aromatic rings. The van der Waals surface area contributed by atoms with Gasteiger partial charge in [0.2, 0.25) is 0 Å². The van der Waals surface area contributed by atoms with Crippen molar-refractivity contribution in [2.75, 3.05) is 13.1 Å². The van der Waals surface area contributed by atoms with Gasteiger partial charge in [-0.2, -0.15) is 0 Å². The summed E-state index contributed by atoms with van der Waals surface area (Å²) in [6.45, 7) is 3.21. The van der Waals surface area contributed by atoms with E-state index in [9.17, 15) is 14.9 Å². The minimum absolute atomic E-state index is 0.00314. The third kappa shape index (κ3) is 2.93. The second-order valence-electron chi connectivity index (χ2n) is 4.92. The van der Waals surface area contributed by atoms with Crippen LogP contribution in [0.5, 0.6) is 0 Å². The Morgan fingerprint density at radius 1 is 1.63 bits per heavy atom. The van der Waals surface area contributed by atoms with Crippen molar-refractivity contribution in [1.82, 2.24) is 4.90 Å². The third-order valence-corrected chi connectivity index (χ3v) is 4.47. The number of carbonyl (C=O) groups is 1. The number of nitrogens with two attached hydrogens (primary N) is 1. The zero-order valence-electron chi connectivity index (χ0n) is 10.7. The number of nitro groups is 1. The van der Waals surface area contributed by atoms with Gasteiger partial charge in [-0.25, -0.2) is 0 Å². The summed E-state index contributed by atoms with van der Waals surface area (Å²) in [6.07, 6.45) is 1.96. The maximum absolute atomic E-state index is 12.4. The number of rotatable bonds is 3. The van der Waals surface area contributed by atoms with E-state index in [1.54, 1.807) is 10.3 Å². The first-order valence-corrected chi connectivity index (χ1v) is 7.15. The second kappa shape index (κ2) is 5.66. The van der Waals surface area contributed by atoms with Gasteiger partial charge in [0.05, 0.1) is 10.5 Å². The van der Waals surface area contributed by atoms with E-state index >= 15 is 0 Å². The van der Waals surface area contributed by atoms with E-state index in [2.05, 4.69) is 0 Å². The molecule has 1 amide bonds. The van der Waals surface area contributed by atoms with Gasteiger partial charge in [-0.15, -0.1) is 0 Å². The average Bonchev–Trinajstić information content (AvgIpc) is 2.88. The van der Waals surface area contributed by atoms with Gasteiger partial charge < -0.3 is 10.6 Å². The van der Waals surface area contributed by atoms with Crippen molar-refractivity contribution in [2.24, 2.45) is 11.7 Å². The first-order valence-electron chi connectivity index (χ1n) is 6.27. The molecular formula is C12H17N3O3S. The molecule has 2 N–H and O–H groups in total. The molecular weight excluding hydrogens is 266 g/mol. The zero-order chi connectivity index (χ0) is 14.0. The Morgan fingerprint density at radius 2 is 2.37 bits per heavy atom. The molecule has 0 spiro atoms. The fourth-order valence-electron chi connectivity index (χ4n) is 2.36. The summed E-state index contributed by atoms with van der Waals surface area (Å²) in [7, 11) is 0. The standard InChI is InChI=1S/C12H17N3O3S/c1-8-2-3-9(5-13)6-14(8)12(16)10-4-11(15(17)18)19-7-10/h4,7-9H,2-3,5-6,13H2,1H3. The Balaban J connectivity index is 2.14. The molecule has 7 heteroatoms. The molecule has 2 heterocycles. The van der Waals surface area contributed by atoms with Gasteiger partial charge in [0.25, 0.3) is 5.91 Å². The summed E-state index contributed by atoms with van der Waals surface area (Å²) in [6, 6.07) is 1.51.